The predicted octanol–water partition coefficient (Wildman–Crippen LogP) is 5.18. The largest absolute Gasteiger partial charge is 0.507 e. The summed E-state index contributed by atoms with van der Waals surface area (Å²) in [6.45, 7) is 5.80. The van der Waals surface area contributed by atoms with Crippen LogP contribution in [-0.2, 0) is 22.4 Å². The summed E-state index contributed by atoms with van der Waals surface area (Å²) in [6.07, 6.45) is 2.14. The second-order valence-corrected chi connectivity index (χ2v) is 6.95. The number of ether oxygens (including phenoxy) is 2. The SMILES string of the molecule is CCCc1cc(C(=O)CC)c(O)c(CCC)c1OC(C(=O)OC)c1ccccc1. The maximum absolute atomic E-state index is 12.5. The Morgan fingerprint density at radius 3 is 2.24 bits per heavy atom. The van der Waals surface area contributed by atoms with Crippen molar-refractivity contribution in [3.8, 4) is 11.5 Å². The van der Waals surface area contributed by atoms with E-state index < -0.39 is 12.1 Å². The fraction of sp³-hybridized carbons (Fsp3) is 0.417. The molecule has 5 heteroatoms. The standard InChI is InChI=1S/C24H30O5/c1-5-11-17-15-19(20(25)7-3)21(26)18(12-6-2)22(17)29-23(24(27)28-4)16-13-9-8-10-14-16/h8-10,13-15,23,26H,5-7,11-12H2,1-4H3. The normalized spacial score (nSPS) is 11.7. The smallest absolute Gasteiger partial charge is 0.351 e. The molecule has 2 rings (SSSR count). The lowest BCUT2D eigenvalue weighted by atomic mass is 9.94. The Bertz CT molecular complexity index is 842. The van der Waals surface area contributed by atoms with Gasteiger partial charge in [0.15, 0.2) is 5.78 Å². The van der Waals surface area contributed by atoms with Gasteiger partial charge in [0.2, 0.25) is 6.10 Å². The van der Waals surface area contributed by atoms with Crippen LogP contribution in [0.1, 0.15) is 73.2 Å². The summed E-state index contributed by atoms with van der Waals surface area (Å²) in [5.74, 6) is -0.214. The predicted molar refractivity (Wildman–Crippen MR) is 113 cm³/mol. The van der Waals surface area contributed by atoms with Crippen molar-refractivity contribution in [1.29, 1.82) is 0 Å². The maximum atomic E-state index is 12.5. The molecular weight excluding hydrogens is 368 g/mol. The molecule has 1 atom stereocenters. The van der Waals surface area contributed by atoms with Gasteiger partial charge >= 0.3 is 5.97 Å². The Morgan fingerprint density at radius 1 is 1.03 bits per heavy atom. The number of phenolic OH excluding ortho intramolecular Hbond substituents is 1. The molecule has 0 bridgehead atoms. The summed E-state index contributed by atoms with van der Waals surface area (Å²) in [4.78, 5) is 24.9. The van der Waals surface area contributed by atoms with Gasteiger partial charge in [0.05, 0.1) is 12.7 Å². The van der Waals surface area contributed by atoms with Gasteiger partial charge in [-0.15, -0.1) is 0 Å². The summed E-state index contributed by atoms with van der Waals surface area (Å²) in [5, 5.41) is 10.9. The average molecular weight is 398 g/mol. The molecular formula is C24H30O5. The minimum Gasteiger partial charge on any atom is -0.507 e. The topological polar surface area (TPSA) is 72.8 Å². The Morgan fingerprint density at radius 2 is 1.69 bits per heavy atom. The van der Waals surface area contributed by atoms with Crippen molar-refractivity contribution in [2.24, 2.45) is 0 Å². The first-order chi connectivity index (χ1) is 14.0. The van der Waals surface area contributed by atoms with E-state index >= 15 is 0 Å². The third kappa shape index (κ3) is 5.17. The molecule has 1 N–H and O–H groups in total. The van der Waals surface area contributed by atoms with Crippen molar-refractivity contribution in [3.05, 3.63) is 58.7 Å². The van der Waals surface area contributed by atoms with Crippen molar-refractivity contribution < 1.29 is 24.2 Å². The minimum atomic E-state index is -0.959. The highest BCUT2D eigenvalue weighted by atomic mass is 16.6. The number of methoxy groups -OCH3 is 1. The number of phenols is 1. The second kappa shape index (κ2) is 10.6. The number of hydrogen-bond acceptors (Lipinski definition) is 5. The lowest BCUT2D eigenvalue weighted by Gasteiger charge is -2.23. The third-order valence-electron chi connectivity index (χ3n) is 4.82. The third-order valence-corrected chi connectivity index (χ3v) is 4.82. The van der Waals surface area contributed by atoms with E-state index in [-0.39, 0.29) is 11.5 Å². The zero-order valence-corrected chi connectivity index (χ0v) is 17.7. The van der Waals surface area contributed by atoms with Gasteiger partial charge in [0.25, 0.3) is 0 Å². The molecule has 1 unspecified atom stereocenters. The van der Waals surface area contributed by atoms with E-state index in [1.54, 1.807) is 25.1 Å². The van der Waals surface area contributed by atoms with Gasteiger partial charge in [-0.25, -0.2) is 4.79 Å². The Hall–Kier alpha value is -2.82. The van der Waals surface area contributed by atoms with Crippen molar-refractivity contribution in [2.75, 3.05) is 7.11 Å². The Balaban J connectivity index is 2.65. The molecule has 156 valence electrons. The van der Waals surface area contributed by atoms with Crippen LogP contribution in [0.4, 0.5) is 0 Å². The number of carbonyl (C=O) groups excluding carboxylic acids is 2. The summed E-state index contributed by atoms with van der Waals surface area (Å²) in [7, 11) is 1.32. The highest BCUT2D eigenvalue weighted by Gasteiger charge is 2.28. The first-order valence-corrected chi connectivity index (χ1v) is 10.2. The van der Waals surface area contributed by atoms with Gasteiger partial charge in [0.1, 0.15) is 11.5 Å². The zero-order chi connectivity index (χ0) is 21.4. The lowest BCUT2D eigenvalue weighted by molar-refractivity contribution is -0.149. The number of aromatic hydroxyl groups is 1. The number of aryl methyl sites for hydroxylation is 1. The fourth-order valence-electron chi connectivity index (χ4n) is 3.36. The molecule has 0 saturated heterocycles. The monoisotopic (exact) mass is 398 g/mol. The molecule has 5 nitrogen and oxygen atoms in total. The molecule has 0 aromatic heterocycles. The van der Waals surface area contributed by atoms with E-state index in [0.29, 0.717) is 41.7 Å². The van der Waals surface area contributed by atoms with E-state index in [9.17, 15) is 14.7 Å². The van der Waals surface area contributed by atoms with Crippen LogP contribution in [0.2, 0.25) is 0 Å². The minimum absolute atomic E-state index is 0.0507. The molecule has 2 aromatic rings. The zero-order valence-electron chi connectivity index (χ0n) is 17.7. The van der Waals surface area contributed by atoms with Crippen molar-refractivity contribution in [3.63, 3.8) is 0 Å². The van der Waals surface area contributed by atoms with E-state index in [2.05, 4.69) is 0 Å². The highest BCUT2D eigenvalue weighted by molar-refractivity contribution is 5.99. The number of Topliss-reactive ketones (excluding diaryl/α,β-unsaturated/α-hetero) is 1. The number of rotatable bonds is 10. The van der Waals surface area contributed by atoms with E-state index in [4.69, 9.17) is 9.47 Å². The summed E-state index contributed by atoms with van der Waals surface area (Å²) >= 11 is 0. The molecule has 0 aliphatic rings. The van der Waals surface area contributed by atoms with Crippen molar-refractivity contribution in [1.82, 2.24) is 0 Å². The summed E-state index contributed by atoms with van der Waals surface area (Å²) in [6, 6.07) is 10.8. The quantitative estimate of drug-likeness (QED) is 0.441. The molecule has 0 spiro atoms. The van der Waals surface area contributed by atoms with Gasteiger partial charge in [-0.2, -0.15) is 0 Å². The van der Waals surface area contributed by atoms with Gasteiger partial charge < -0.3 is 14.6 Å². The van der Waals surface area contributed by atoms with Crippen LogP contribution in [-0.4, -0.2) is 24.0 Å². The van der Waals surface area contributed by atoms with Crippen molar-refractivity contribution >= 4 is 11.8 Å². The average Bonchev–Trinajstić information content (AvgIpc) is 2.75. The van der Waals surface area contributed by atoms with E-state index in [0.717, 1.165) is 18.4 Å². The number of benzene rings is 2. The second-order valence-electron chi connectivity index (χ2n) is 6.95. The fourth-order valence-corrected chi connectivity index (χ4v) is 3.36. The molecule has 0 aliphatic heterocycles. The van der Waals surface area contributed by atoms with Crippen LogP contribution in [0.5, 0.6) is 11.5 Å². The molecule has 0 fully saturated rings. The molecule has 29 heavy (non-hydrogen) atoms. The molecule has 0 saturated carbocycles. The molecule has 0 heterocycles. The maximum Gasteiger partial charge on any atom is 0.351 e. The van der Waals surface area contributed by atoms with Crippen LogP contribution < -0.4 is 4.74 Å². The van der Waals surface area contributed by atoms with Gasteiger partial charge in [0, 0.05) is 17.5 Å². The highest BCUT2D eigenvalue weighted by Crippen LogP contribution is 2.39. The molecule has 0 radical (unpaired) electrons. The van der Waals surface area contributed by atoms with E-state index in [1.807, 2.05) is 32.0 Å². The Labute approximate surface area is 172 Å². The van der Waals surface area contributed by atoms with Crippen LogP contribution in [0.15, 0.2) is 36.4 Å². The van der Waals surface area contributed by atoms with Crippen LogP contribution >= 0.6 is 0 Å². The first-order valence-electron chi connectivity index (χ1n) is 10.2. The number of esters is 1. The number of carbonyl (C=O) groups is 2. The van der Waals surface area contributed by atoms with Crippen LogP contribution in [0, 0.1) is 0 Å². The number of ketones is 1. The van der Waals surface area contributed by atoms with Gasteiger partial charge in [-0.05, 0) is 24.5 Å². The number of hydrogen-bond donors (Lipinski definition) is 1. The van der Waals surface area contributed by atoms with E-state index in [1.165, 1.54) is 7.11 Å². The summed E-state index contributed by atoms with van der Waals surface area (Å²) in [5.41, 5.74) is 2.37. The van der Waals surface area contributed by atoms with Crippen LogP contribution in [0.3, 0.4) is 0 Å². The molecule has 0 amide bonds. The lowest BCUT2D eigenvalue weighted by Crippen LogP contribution is -2.21. The van der Waals surface area contributed by atoms with Crippen molar-refractivity contribution in [2.45, 2.75) is 59.0 Å². The van der Waals surface area contributed by atoms with Gasteiger partial charge in [-0.3, -0.25) is 4.79 Å². The first kappa shape index (κ1) is 22.5. The molecule has 0 aliphatic carbocycles. The summed E-state index contributed by atoms with van der Waals surface area (Å²) < 4.78 is 11.2. The van der Waals surface area contributed by atoms with Crippen LogP contribution in [0.25, 0.3) is 0 Å². The Kier molecular flexibility index (Phi) is 8.25. The van der Waals surface area contributed by atoms with Gasteiger partial charge in [-0.1, -0.05) is 63.9 Å². The molecule has 2 aromatic carbocycles.